The first kappa shape index (κ1) is 54.1. The van der Waals surface area contributed by atoms with E-state index in [2.05, 4.69) is 312 Å². The number of hydrogen-bond acceptors (Lipinski definition) is 4. The first-order valence-corrected chi connectivity index (χ1v) is 28.7. The SMILES string of the molecule is CC(C)(C)c1cc(Oc2ccc3c4ccccc4n(-c4cc(C(C)(C)C)ccn4)c3c2)cc(N2CN(c3cc(C(C)(C)C)cc(C(C)(C)c4ccccc4)c3)c3cc(C(C)(C)c4ccccc4)c(C(C)(C)c4ccccc4)cc32)c1. The van der Waals surface area contributed by atoms with Crippen LogP contribution in [0.5, 0.6) is 11.5 Å². The minimum atomic E-state index is -0.359. The van der Waals surface area contributed by atoms with Crippen LogP contribution in [0.2, 0.25) is 0 Å². The summed E-state index contributed by atoms with van der Waals surface area (Å²) in [5.41, 5.74) is 16.9. The third-order valence-electron chi connectivity index (χ3n) is 17.4. The second-order valence-electron chi connectivity index (χ2n) is 27.1. The van der Waals surface area contributed by atoms with Crippen molar-refractivity contribution < 1.29 is 4.74 Å². The van der Waals surface area contributed by atoms with Crippen LogP contribution < -0.4 is 14.5 Å². The molecule has 406 valence electrons. The zero-order chi connectivity index (χ0) is 56.7. The number of para-hydroxylation sites is 1. The maximum absolute atomic E-state index is 7.21. The zero-order valence-electron chi connectivity index (χ0n) is 50.0. The first-order valence-electron chi connectivity index (χ1n) is 28.7. The summed E-state index contributed by atoms with van der Waals surface area (Å²) in [5.74, 6) is 2.45. The van der Waals surface area contributed by atoms with E-state index in [4.69, 9.17) is 9.72 Å². The van der Waals surface area contributed by atoms with Gasteiger partial charge >= 0.3 is 0 Å². The molecular formula is C75H80N4O. The summed E-state index contributed by atoms with van der Waals surface area (Å²) in [6.45, 7) is 35.6. The zero-order valence-corrected chi connectivity index (χ0v) is 50.0. The number of fused-ring (bicyclic) bond motifs is 4. The number of nitrogens with zero attached hydrogens (tertiary/aromatic N) is 4. The fourth-order valence-electron chi connectivity index (χ4n) is 12.0. The molecule has 0 unspecified atom stereocenters. The second-order valence-corrected chi connectivity index (χ2v) is 27.1. The van der Waals surface area contributed by atoms with Crippen LogP contribution in [0.1, 0.15) is 154 Å². The molecule has 5 nitrogen and oxygen atoms in total. The topological polar surface area (TPSA) is 33.5 Å². The average molecular weight is 1050 g/mol. The van der Waals surface area contributed by atoms with Crippen molar-refractivity contribution in [1.82, 2.24) is 9.55 Å². The normalized spacial score (nSPS) is 13.6. The summed E-state index contributed by atoms with van der Waals surface area (Å²) in [6.07, 6.45) is 1.94. The predicted molar refractivity (Wildman–Crippen MR) is 339 cm³/mol. The summed E-state index contributed by atoms with van der Waals surface area (Å²) in [4.78, 5) is 10.1. The van der Waals surface area contributed by atoms with Crippen LogP contribution in [-0.2, 0) is 32.5 Å². The molecule has 0 spiro atoms. The third-order valence-corrected chi connectivity index (χ3v) is 17.4. The Morgan fingerprint density at radius 1 is 0.350 bits per heavy atom. The van der Waals surface area contributed by atoms with Crippen LogP contribution in [0.3, 0.4) is 0 Å². The minimum Gasteiger partial charge on any atom is -0.457 e. The van der Waals surface area contributed by atoms with Crippen molar-refractivity contribution in [3.05, 3.63) is 250 Å². The molecule has 1 aliphatic rings. The standard InChI is InChI=1S/C75H80N4O/c1-70(2,3)53-37-38-76-69(44-53)79-65-34-26-25-33-61(65)62-36-35-59(46-66(62)79)80-60-43-55(72(7,8)9)41-58(45-60)78-49-77(57-40-54(71(4,5)6)39-56(42-57)73(10,11)50-27-19-16-20-28-50)67-47-63(74(12,13)51-29-21-17-22-30-51)64(48-68(67)78)75(14,15)52-31-23-18-24-32-52/h16-48H,49H2,1-15H3. The fraction of sp³-hybridized carbons (Fsp3) is 0.293. The Balaban J connectivity index is 1.12. The summed E-state index contributed by atoms with van der Waals surface area (Å²) in [6, 6.07) is 72.0. The highest BCUT2D eigenvalue weighted by Gasteiger charge is 2.39. The summed E-state index contributed by atoms with van der Waals surface area (Å²) < 4.78 is 9.50. The van der Waals surface area contributed by atoms with Gasteiger partial charge in [-0.2, -0.15) is 0 Å². The van der Waals surface area contributed by atoms with E-state index < -0.39 is 0 Å². The van der Waals surface area contributed by atoms with Crippen molar-refractivity contribution in [3.63, 3.8) is 0 Å². The molecule has 0 saturated heterocycles. The van der Waals surface area contributed by atoms with Crippen molar-refractivity contribution in [2.45, 2.75) is 136 Å². The molecule has 0 radical (unpaired) electrons. The molecule has 10 aromatic rings. The maximum atomic E-state index is 7.21. The van der Waals surface area contributed by atoms with Gasteiger partial charge in [0.1, 0.15) is 24.0 Å². The van der Waals surface area contributed by atoms with Gasteiger partial charge in [-0.15, -0.1) is 0 Å². The molecule has 0 saturated carbocycles. The molecule has 3 heterocycles. The molecule has 11 rings (SSSR count). The highest BCUT2D eigenvalue weighted by Crippen LogP contribution is 2.53. The number of pyridine rings is 1. The second kappa shape index (κ2) is 19.7. The quantitative estimate of drug-likeness (QED) is 0.129. The molecule has 5 heteroatoms. The lowest BCUT2D eigenvalue weighted by Crippen LogP contribution is -2.28. The highest BCUT2D eigenvalue weighted by molar-refractivity contribution is 6.09. The molecule has 0 fully saturated rings. The van der Waals surface area contributed by atoms with E-state index in [1.54, 1.807) is 0 Å². The first-order chi connectivity index (χ1) is 37.8. The summed E-state index contributed by atoms with van der Waals surface area (Å²) >= 11 is 0. The van der Waals surface area contributed by atoms with Crippen molar-refractivity contribution in [2.75, 3.05) is 16.5 Å². The van der Waals surface area contributed by atoms with E-state index in [-0.39, 0.29) is 32.5 Å². The highest BCUT2D eigenvalue weighted by atomic mass is 16.5. The summed E-state index contributed by atoms with van der Waals surface area (Å²) in [7, 11) is 0. The third kappa shape index (κ3) is 9.88. The monoisotopic (exact) mass is 1050 g/mol. The Morgan fingerprint density at radius 2 is 0.812 bits per heavy atom. The Bertz CT molecular complexity index is 3920. The Labute approximate surface area is 476 Å². The van der Waals surface area contributed by atoms with Gasteiger partial charge < -0.3 is 14.5 Å². The van der Waals surface area contributed by atoms with Gasteiger partial charge in [0.25, 0.3) is 0 Å². The molecule has 80 heavy (non-hydrogen) atoms. The summed E-state index contributed by atoms with van der Waals surface area (Å²) in [5, 5.41) is 2.34. The van der Waals surface area contributed by atoms with Gasteiger partial charge in [0, 0.05) is 56.7 Å². The van der Waals surface area contributed by atoms with E-state index in [0.29, 0.717) is 6.67 Å². The van der Waals surface area contributed by atoms with Crippen LogP contribution in [0.15, 0.2) is 200 Å². The van der Waals surface area contributed by atoms with Crippen LogP contribution in [0.4, 0.5) is 22.7 Å². The molecule has 0 amide bonds. The van der Waals surface area contributed by atoms with Crippen molar-refractivity contribution in [3.8, 4) is 17.3 Å². The molecule has 0 N–H and O–H groups in total. The van der Waals surface area contributed by atoms with Gasteiger partial charge in [0.15, 0.2) is 0 Å². The Kier molecular flexibility index (Phi) is 13.3. The van der Waals surface area contributed by atoms with Crippen molar-refractivity contribution >= 4 is 44.6 Å². The van der Waals surface area contributed by atoms with Crippen LogP contribution in [0.25, 0.3) is 27.6 Å². The number of benzene rings is 8. The number of hydrogen-bond donors (Lipinski definition) is 0. The lowest BCUT2D eigenvalue weighted by atomic mass is 9.68. The molecule has 8 aromatic carbocycles. The predicted octanol–water partition coefficient (Wildman–Crippen LogP) is 20.1. The van der Waals surface area contributed by atoms with Gasteiger partial charge in [-0.05, 0) is 133 Å². The maximum Gasteiger partial charge on any atom is 0.137 e. The van der Waals surface area contributed by atoms with E-state index in [1.807, 2.05) is 6.20 Å². The van der Waals surface area contributed by atoms with Crippen LogP contribution in [-0.4, -0.2) is 16.2 Å². The van der Waals surface area contributed by atoms with Crippen LogP contribution >= 0.6 is 0 Å². The smallest absolute Gasteiger partial charge is 0.137 e. The number of aromatic nitrogens is 2. The largest absolute Gasteiger partial charge is 0.457 e. The minimum absolute atomic E-state index is 0.0349. The van der Waals surface area contributed by atoms with E-state index in [9.17, 15) is 0 Å². The van der Waals surface area contributed by atoms with Gasteiger partial charge in [-0.1, -0.05) is 219 Å². The lowest BCUT2D eigenvalue weighted by Gasteiger charge is -2.37. The number of anilines is 4. The van der Waals surface area contributed by atoms with E-state index >= 15 is 0 Å². The average Bonchev–Trinajstić information content (AvgIpc) is 3.99. The molecule has 0 atom stereocenters. The fourth-order valence-corrected chi connectivity index (χ4v) is 12.0. The van der Waals surface area contributed by atoms with Gasteiger partial charge in [0.05, 0.1) is 22.4 Å². The van der Waals surface area contributed by atoms with Crippen LogP contribution in [0, 0.1) is 0 Å². The van der Waals surface area contributed by atoms with Crippen molar-refractivity contribution in [1.29, 1.82) is 0 Å². The van der Waals surface area contributed by atoms with Crippen molar-refractivity contribution in [2.24, 2.45) is 0 Å². The Hall–Kier alpha value is -7.89. The Morgan fingerprint density at radius 3 is 1.35 bits per heavy atom. The molecule has 0 bridgehead atoms. The van der Waals surface area contributed by atoms with Gasteiger partial charge in [-0.3, -0.25) is 4.57 Å². The molecule has 2 aromatic heterocycles. The lowest BCUT2D eigenvalue weighted by molar-refractivity contribution is 0.479. The van der Waals surface area contributed by atoms with E-state index in [0.717, 1.165) is 45.1 Å². The molecular weight excluding hydrogens is 973 g/mol. The van der Waals surface area contributed by atoms with E-state index in [1.165, 1.54) is 66.8 Å². The van der Waals surface area contributed by atoms with Gasteiger partial charge in [0.2, 0.25) is 0 Å². The molecule has 1 aliphatic heterocycles. The molecule has 0 aliphatic carbocycles. The number of rotatable bonds is 11. The van der Waals surface area contributed by atoms with Gasteiger partial charge in [-0.25, -0.2) is 4.98 Å². The number of ether oxygens (including phenoxy) is 1.